The molecule has 0 radical (unpaired) electrons. The van der Waals surface area contributed by atoms with Crippen LogP contribution in [0.5, 0.6) is 5.75 Å². The molecule has 0 atom stereocenters. The number of nitrogens with one attached hydrogen (secondary N) is 1. The lowest BCUT2D eigenvalue weighted by molar-refractivity contribution is -0.115. The third-order valence-electron chi connectivity index (χ3n) is 2.94. The first-order valence-electron chi connectivity index (χ1n) is 6.42. The molecule has 2 rings (SSSR count). The summed E-state index contributed by atoms with van der Waals surface area (Å²) in [5.74, 6) is -1.08. The predicted octanol–water partition coefficient (Wildman–Crippen LogP) is 3.28. The second-order valence-electron chi connectivity index (χ2n) is 4.54. The van der Waals surface area contributed by atoms with Crippen LogP contribution in [0.1, 0.15) is 16.1 Å². The fourth-order valence-electron chi connectivity index (χ4n) is 1.90. The molecule has 1 aromatic carbocycles. The zero-order valence-corrected chi connectivity index (χ0v) is 13.5. The highest BCUT2D eigenvalue weighted by Crippen LogP contribution is 2.25. The molecule has 8 heteroatoms. The van der Waals surface area contributed by atoms with Crippen LogP contribution in [-0.2, 0) is 11.2 Å². The number of carbonyl (C=O) groups excluding carboxylic acids is 1. The van der Waals surface area contributed by atoms with Crippen LogP contribution in [0.4, 0.5) is 5.69 Å². The van der Waals surface area contributed by atoms with Gasteiger partial charge < -0.3 is 15.2 Å². The van der Waals surface area contributed by atoms with Crippen molar-refractivity contribution in [2.24, 2.45) is 0 Å². The number of carboxylic acid groups (broad SMARTS) is 1. The lowest BCUT2D eigenvalue weighted by Crippen LogP contribution is -2.16. The molecule has 23 heavy (non-hydrogen) atoms. The summed E-state index contributed by atoms with van der Waals surface area (Å²) in [6, 6.07) is 6.13. The second-order valence-corrected chi connectivity index (χ2v) is 5.38. The minimum atomic E-state index is -1.21. The summed E-state index contributed by atoms with van der Waals surface area (Å²) in [6.07, 6.45) is 1.16. The molecule has 0 bridgehead atoms. The Morgan fingerprint density at radius 2 is 2.04 bits per heavy atom. The maximum atomic E-state index is 12.2. The zero-order valence-electron chi connectivity index (χ0n) is 12.0. The number of hydrogen-bond donors (Lipinski definition) is 2. The van der Waals surface area contributed by atoms with E-state index in [1.807, 2.05) is 0 Å². The van der Waals surface area contributed by atoms with E-state index < -0.39 is 11.9 Å². The number of pyridine rings is 1. The molecule has 1 amide bonds. The van der Waals surface area contributed by atoms with Crippen molar-refractivity contribution < 1.29 is 19.4 Å². The first-order chi connectivity index (χ1) is 10.9. The molecule has 1 heterocycles. The Balaban J connectivity index is 2.19. The molecule has 2 aromatic rings. The summed E-state index contributed by atoms with van der Waals surface area (Å²) in [5.41, 5.74) is 0.552. The van der Waals surface area contributed by atoms with Crippen LogP contribution < -0.4 is 10.1 Å². The van der Waals surface area contributed by atoms with E-state index in [0.29, 0.717) is 16.3 Å². The molecule has 2 N–H and O–H groups in total. The molecular formula is C15H12Cl2N2O4. The number of aromatic carboxylic acids is 1. The number of carbonyl (C=O) groups is 2. The molecule has 0 saturated heterocycles. The van der Waals surface area contributed by atoms with Crippen LogP contribution >= 0.6 is 23.2 Å². The molecule has 1 aromatic heterocycles. The molecule has 120 valence electrons. The number of amides is 1. The lowest BCUT2D eigenvalue weighted by Gasteiger charge is -2.10. The minimum absolute atomic E-state index is 0.00914. The van der Waals surface area contributed by atoms with Gasteiger partial charge in [0.25, 0.3) is 0 Å². The number of benzene rings is 1. The molecule has 0 saturated carbocycles. The summed E-state index contributed by atoms with van der Waals surface area (Å²) in [7, 11) is 1.49. The Morgan fingerprint density at radius 1 is 1.30 bits per heavy atom. The van der Waals surface area contributed by atoms with E-state index >= 15 is 0 Å². The van der Waals surface area contributed by atoms with E-state index in [0.717, 1.165) is 0 Å². The quantitative estimate of drug-likeness (QED) is 0.859. The predicted molar refractivity (Wildman–Crippen MR) is 86.5 cm³/mol. The Kier molecular flexibility index (Phi) is 5.41. The number of aromatic nitrogens is 1. The van der Waals surface area contributed by atoms with Crippen molar-refractivity contribution in [2.45, 2.75) is 6.42 Å². The van der Waals surface area contributed by atoms with Gasteiger partial charge in [-0.25, -0.2) is 9.78 Å². The highest BCUT2D eigenvalue weighted by Gasteiger charge is 2.14. The SMILES string of the molecule is COc1ccc(Cl)cc1CC(=O)Nc1cc(C(=O)O)ncc1Cl. The van der Waals surface area contributed by atoms with E-state index in [2.05, 4.69) is 10.3 Å². The van der Waals surface area contributed by atoms with Gasteiger partial charge in [-0.15, -0.1) is 0 Å². The van der Waals surface area contributed by atoms with Gasteiger partial charge in [-0.2, -0.15) is 0 Å². The van der Waals surface area contributed by atoms with Gasteiger partial charge in [0.15, 0.2) is 0 Å². The first-order valence-corrected chi connectivity index (χ1v) is 7.17. The van der Waals surface area contributed by atoms with Gasteiger partial charge in [0.2, 0.25) is 5.91 Å². The number of anilines is 1. The Hall–Kier alpha value is -2.31. The van der Waals surface area contributed by atoms with Crippen LogP contribution in [-0.4, -0.2) is 29.1 Å². The van der Waals surface area contributed by atoms with Crippen LogP contribution in [0.2, 0.25) is 10.0 Å². The van der Waals surface area contributed by atoms with Crippen LogP contribution in [0.25, 0.3) is 0 Å². The van der Waals surface area contributed by atoms with Crippen molar-refractivity contribution in [1.82, 2.24) is 4.98 Å². The van der Waals surface area contributed by atoms with Crippen LogP contribution in [0.3, 0.4) is 0 Å². The average molecular weight is 355 g/mol. The average Bonchev–Trinajstić information content (AvgIpc) is 2.49. The summed E-state index contributed by atoms with van der Waals surface area (Å²) in [6.45, 7) is 0. The molecule has 0 aliphatic carbocycles. The number of nitrogens with zero attached hydrogens (tertiary/aromatic N) is 1. The Morgan fingerprint density at radius 3 is 2.70 bits per heavy atom. The minimum Gasteiger partial charge on any atom is -0.496 e. The maximum absolute atomic E-state index is 12.2. The molecule has 0 aliphatic rings. The van der Waals surface area contributed by atoms with E-state index in [4.69, 9.17) is 33.0 Å². The van der Waals surface area contributed by atoms with Crippen molar-refractivity contribution in [3.8, 4) is 5.75 Å². The van der Waals surface area contributed by atoms with Crippen molar-refractivity contribution in [3.05, 3.63) is 51.8 Å². The number of methoxy groups -OCH3 is 1. The van der Waals surface area contributed by atoms with Gasteiger partial charge in [-0.3, -0.25) is 4.79 Å². The number of carboxylic acids is 1. The number of halogens is 2. The van der Waals surface area contributed by atoms with E-state index in [9.17, 15) is 9.59 Å². The summed E-state index contributed by atoms with van der Waals surface area (Å²) in [5, 5.41) is 12.1. The molecule has 0 aliphatic heterocycles. The molecule has 0 fully saturated rings. The van der Waals surface area contributed by atoms with Gasteiger partial charge in [-0.05, 0) is 24.3 Å². The van der Waals surface area contributed by atoms with Gasteiger partial charge in [0, 0.05) is 16.8 Å². The smallest absolute Gasteiger partial charge is 0.354 e. The maximum Gasteiger partial charge on any atom is 0.354 e. The van der Waals surface area contributed by atoms with Gasteiger partial charge in [0.1, 0.15) is 11.4 Å². The number of rotatable bonds is 5. The van der Waals surface area contributed by atoms with Gasteiger partial charge in [-0.1, -0.05) is 23.2 Å². The lowest BCUT2D eigenvalue weighted by atomic mass is 10.1. The van der Waals surface area contributed by atoms with E-state index in [1.54, 1.807) is 18.2 Å². The molecule has 6 nitrogen and oxygen atoms in total. The van der Waals surface area contributed by atoms with Gasteiger partial charge in [0.05, 0.1) is 24.2 Å². The van der Waals surface area contributed by atoms with E-state index in [-0.39, 0.29) is 22.8 Å². The van der Waals surface area contributed by atoms with Crippen LogP contribution in [0.15, 0.2) is 30.5 Å². The van der Waals surface area contributed by atoms with Crippen molar-refractivity contribution in [2.75, 3.05) is 12.4 Å². The highest BCUT2D eigenvalue weighted by molar-refractivity contribution is 6.33. The van der Waals surface area contributed by atoms with Crippen molar-refractivity contribution in [1.29, 1.82) is 0 Å². The number of hydrogen-bond acceptors (Lipinski definition) is 4. The van der Waals surface area contributed by atoms with Crippen LogP contribution in [0, 0.1) is 0 Å². The molecule has 0 spiro atoms. The Labute approximate surface area is 142 Å². The fraction of sp³-hybridized carbons (Fsp3) is 0.133. The number of ether oxygens (including phenoxy) is 1. The van der Waals surface area contributed by atoms with E-state index in [1.165, 1.54) is 19.4 Å². The third-order valence-corrected chi connectivity index (χ3v) is 3.48. The monoisotopic (exact) mass is 354 g/mol. The zero-order chi connectivity index (χ0) is 17.0. The normalized spacial score (nSPS) is 10.2. The van der Waals surface area contributed by atoms with Crippen molar-refractivity contribution >= 4 is 40.8 Å². The summed E-state index contributed by atoms with van der Waals surface area (Å²) >= 11 is 11.8. The molecule has 0 unspecified atom stereocenters. The third kappa shape index (κ3) is 4.34. The molecular weight excluding hydrogens is 343 g/mol. The van der Waals surface area contributed by atoms with Gasteiger partial charge >= 0.3 is 5.97 Å². The summed E-state index contributed by atoms with van der Waals surface area (Å²) < 4.78 is 5.17. The standard InChI is InChI=1S/C15H12Cl2N2O4/c1-23-13-3-2-9(16)4-8(13)5-14(20)19-11-6-12(15(21)22)18-7-10(11)17/h2-4,6-7H,5H2,1H3,(H,21,22)(H,18,19,20). The highest BCUT2D eigenvalue weighted by atomic mass is 35.5. The first kappa shape index (κ1) is 17.1. The fourth-order valence-corrected chi connectivity index (χ4v) is 2.25. The Bertz CT molecular complexity index is 765. The van der Waals surface area contributed by atoms with Crippen molar-refractivity contribution in [3.63, 3.8) is 0 Å². The largest absolute Gasteiger partial charge is 0.496 e. The summed E-state index contributed by atoms with van der Waals surface area (Å²) in [4.78, 5) is 26.7. The topological polar surface area (TPSA) is 88.5 Å². The second kappa shape index (κ2) is 7.30.